The highest BCUT2D eigenvalue weighted by Crippen LogP contribution is 2.13. The third kappa shape index (κ3) is 1.58. The minimum absolute atomic E-state index is 0.321. The molecule has 0 fully saturated rings. The van der Waals surface area contributed by atoms with Gasteiger partial charge in [0.1, 0.15) is 5.56 Å². The lowest BCUT2D eigenvalue weighted by Crippen LogP contribution is -2.05. The number of esters is 1. The predicted octanol–water partition coefficient (Wildman–Crippen LogP) is 1.82. The quantitative estimate of drug-likeness (QED) is 0.701. The van der Waals surface area contributed by atoms with Crippen molar-refractivity contribution in [3.63, 3.8) is 0 Å². The number of carbonyl (C=O) groups excluding carboxylic acids is 1. The normalized spacial score (nSPS) is 10.5. The molecule has 0 unspecified atom stereocenters. The Morgan fingerprint density at radius 2 is 2.33 bits per heavy atom. The first-order chi connectivity index (χ1) is 7.24. The van der Waals surface area contributed by atoms with Crippen LogP contribution in [0, 0.1) is 6.92 Å². The monoisotopic (exact) mass is 204 g/mol. The van der Waals surface area contributed by atoms with Crippen LogP contribution in [0.5, 0.6) is 0 Å². The van der Waals surface area contributed by atoms with Gasteiger partial charge in [0, 0.05) is 18.1 Å². The lowest BCUT2D eigenvalue weighted by atomic mass is 10.3. The van der Waals surface area contributed by atoms with Gasteiger partial charge >= 0.3 is 5.97 Å². The van der Waals surface area contributed by atoms with E-state index in [9.17, 15) is 4.79 Å². The largest absolute Gasteiger partial charge is 0.462 e. The van der Waals surface area contributed by atoms with E-state index in [1.54, 1.807) is 19.2 Å². The molecule has 0 spiro atoms. The van der Waals surface area contributed by atoms with Crippen molar-refractivity contribution in [3.8, 4) is 0 Å². The number of aromatic nitrogens is 2. The van der Waals surface area contributed by atoms with Crippen molar-refractivity contribution in [1.29, 1.82) is 0 Å². The summed E-state index contributed by atoms with van der Waals surface area (Å²) in [6.07, 6.45) is 3.51. The molecule has 0 bridgehead atoms. The maximum atomic E-state index is 11.6. The van der Waals surface area contributed by atoms with E-state index < -0.39 is 0 Å². The molecule has 78 valence electrons. The Morgan fingerprint density at radius 1 is 1.53 bits per heavy atom. The second kappa shape index (κ2) is 3.73. The van der Waals surface area contributed by atoms with E-state index in [0.29, 0.717) is 17.8 Å². The van der Waals surface area contributed by atoms with Gasteiger partial charge in [-0.1, -0.05) is 0 Å². The lowest BCUT2D eigenvalue weighted by Gasteiger charge is -2.01. The molecule has 0 N–H and O–H groups in total. The van der Waals surface area contributed by atoms with Crippen molar-refractivity contribution < 1.29 is 9.53 Å². The number of hydrogen-bond acceptors (Lipinski definition) is 3. The number of carbonyl (C=O) groups is 1. The number of ether oxygens (including phenoxy) is 1. The highest BCUT2D eigenvalue weighted by molar-refractivity contribution is 5.96. The molecule has 0 saturated heterocycles. The van der Waals surface area contributed by atoms with E-state index in [4.69, 9.17) is 4.74 Å². The van der Waals surface area contributed by atoms with Crippen molar-refractivity contribution in [3.05, 3.63) is 35.8 Å². The Morgan fingerprint density at radius 3 is 3.07 bits per heavy atom. The summed E-state index contributed by atoms with van der Waals surface area (Å²) in [4.78, 5) is 15.7. The van der Waals surface area contributed by atoms with Crippen LogP contribution >= 0.6 is 0 Å². The van der Waals surface area contributed by atoms with E-state index in [-0.39, 0.29) is 5.97 Å². The van der Waals surface area contributed by atoms with Gasteiger partial charge in [-0.3, -0.25) is 0 Å². The molecule has 0 aliphatic carbocycles. The number of hydrogen-bond donors (Lipinski definition) is 0. The molecule has 4 nitrogen and oxygen atoms in total. The molecule has 4 heteroatoms. The molecule has 0 amide bonds. The van der Waals surface area contributed by atoms with Crippen LogP contribution in [0.3, 0.4) is 0 Å². The summed E-state index contributed by atoms with van der Waals surface area (Å²) < 4.78 is 6.81. The van der Waals surface area contributed by atoms with Crippen molar-refractivity contribution in [2.45, 2.75) is 13.8 Å². The summed E-state index contributed by atoms with van der Waals surface area (Å²) in [6, 6.07) is 3.62. The van der Waals surface area contributed by atoms with Crippen LogP contribution in [-0.2, 0) is 4.74 Å². The van der Waals surface area contributed by atoms with Gasteiger partial charge in [-0.05, 0) is 26.0 Å². The summed E-state index contributed by atoms with van der Waals surface area (Å²) in [5, 5.41) is 0. The van der Waals surface area contributed by atoms with Crippen LogP contribution in [0.1, 0.15) is 23.0 Å². The Hall–Kier alpha value is -1.84. The number of fused-ring (bicyclic) bond motifs is 1. The van der Waals surface area contributed by atoms with Gasteiger partial charge in [-0.15, -0.1) is 0 Å². The third-order valence-electron chi connectivity index (χ3n) is 2.25. The molecule has 0 atom stereocenters. The topological polar surface area (TPSA) is 43.6 Å². The first kappa shape index (κ1) is 9.71. The highest BCUT2D eigenvalue weighted by Gasteiger charge is 2.13. The third-order valence-corrected chi connectivity index (χ3v) is 2.25. The molecule has 0 aliphatic rings. The van der Waals surface area contributed by atoms with E-state index in [1.165, 1.54) is 0 Å². The number of nitrogens with zero attached hydrogens (tertiary/aromatic N) is 2. The van der Waals surface area contributed by atoms with Crippen LogP contribution in [0.4, 0.5) is 0 Å². The van der Waals surface area contributed by atoms with Crippen LogP contribution in [0.2, 0.25) is 0 Å². The summed E-state index contributed by atoms with van der Waals surface area (Å²) in [6.45, 7) is 4.13. The van der Waals surface area contributed by atoms with Gasteiger partial charge in [0.15, 0.2) is 5.65 Å². The average Bonchev–Trinajstić information content (AvgIpc) is 2.63. The molecular weight excluding hydrogens is 192 g/mol. The fraction of sp³-hybridized carbons (Fsp3) is 0.273. The van der Waals surface area contributed by atoms with Crippen molar-refractivity contribution >= 4 is 11.6 Å². The summed E-state index contributed by atoms with van der Waals surface area (Å²) in [7, 11) is 0. The Labute approximate surface area is 87.5 Å². The predicted molar refractivity (Wildman–Crippen MR) is 55.9 cm³/mol. The van der Waals surface area contributed by atoms with Gasteiger partial charge in [-0.25, -0.2) is 9.78 Å². The molecule has 15 heavy (non-hydrogen) atoms. The number of rotatable bonds is 2. The molecule has 0 saturated carbocycles. The van der Waals surface area contributed by atoms with Crippen LogP contribution in [-0.4, -0.2) is 22.0 Å². The Kier molecular flexibility index (Phi) is 2.41. The molecule has 0 aliphatic heterocycles. The van der Waals surface area contributed by atoms with Gasteiger partial charge in [0.25, 0.3) is 0 Å². The molecule has 0 aromatic carbocycles. The van der Waals surface area contributed by atoms with Crippen molar-refractivity contribution in [1.82, 2.24) is 9.38 Å². The Bertz CT molecular complexity index is 502. The van der Waals surface area contributed by atoms with E-state index in [2.05, 4.69) is 4.98 Å². The highest BCUT2D eigenvalue weighted by atomic mass is 16.5. The first-order valence-corrected chi connectivity index (χ1v) is 4.84. The van der Waals surface area contributed by atoms with Gasteiger partial charge in [-0.2, -0.15) is 0 Å². The molecule has 2 rings (SSSR count). The Balaban J connectivity index is 2.54. The van der Waals surface area contributed by atoms with Crippen molar-refractivity contribution in [2.24, 2.45) is 0 Å². The number of aryl methyl sites for hydroxylation is 1. The molecule has 2 heterocycles. The van der Waals surface area contributed by atoms with E-state index in [1.807, 2.05) is 23.6 Å². The summed E-state index contributed by atoms with van der Waals surface area (Å²) >= 11 is 0. The van der Waals surface area contributed by atoms with Crippen LogP contribution < -0.4 is 0 Å². The maximum Gasteiger partial charge on any atom is 0.341 e. The molecule has 2 aromatic rings. The minimum Gasteiger partial charge on any atom is -0.462 e. The minimum atomic E-state index is -0.321. The second-order valence-electron chi connectivity index (χ2n) is 3.23. The maximum absolute atomic E-state index is 11.6. The molecular formula is C11H12N2O2. The van der Waals surface area contributed by atoms with Gasteiger partial charge in [0.2, 0.25) is 0 Å². The fourth-order valence-corrected chi connectivity index (χ4v) is 1.50. The SMILES string of the molecule is CCOC(=O)c1ccn2c(C)ccnc12. The van der Waals surface area contributed by atoms with E-state index >= 15 is 0 Å². The fourth-order valence-electron chi connectivity index (χ4n) is 1.50. The summed E-state index contributed by atoms with van der Waals surface area (Å²) in [5.41, 5.74) is 2.20. The first-order valence-electron chi connectivity index (χ1n) is 4.84. The molecule has 2 aromatic heterocycles. The van der Waals surface area contributed by atoms with E-state index in [0.717, 1.165) is 5.69 Å². The molecule has 0 radical (unpaired) electrons. The van der Waals surface area contributed by atoms with Crippen LogP contribution in [0.25, 0.3) is 5.65 Å². The smallest absolute Gasteiger partial charge is 0.341 e. The second-order valence-corrected chi connectivity index (χ2v) is 3.23. The van der Waals surface area contributed by atoms with Gasteiger partial charge in [0.05, 0.1) is 6.61 Å². The van der Waals surface area contributed by atoms with Crippen LogP contribution in [0.15, 0.2) is 24.5 Å². The zero-order valence-corrected chi connectivity index (χ0v) is 8.73. The standard InChI is InChI=1S/C11H12N2O2/c1-3-15-11(14)9-5-7-13-8(2)4-6-12-10(9)13/h4-7H,3H2,1-2H3. The summed E-state index contributed by atoms with van der Waals surface area (Å²) in [5.74, 6) is -0.321. The zero-order chi connectivity index (χ0) is 10.8. The zero-order valence-electron chi connectivity index (χ0n) is 8.73. The van der Waals surface area contributed by atoms with Gasteiger partial charge < -0.3 is 9.14 Å². The van der Waals surface area contributed by atoms with Crippen molar-refractivity contribution in [2.75, 3.05) is 6.61 Å². The average molecular weight is 204 g/mol. The lowest BCUT2D eigenvalue weighted by molar-refractivity contribution is 0.0528.